The number of rotatable bonds is 3. The first-order valence-electron chi connectivity index (χ1n) is 4.25. The van der Waals surface area contributed by atoms with Gasteiger partial charge < -0.3 is 15.6 Å². The zero-order valence-corrected chi connectivity index (χ0v) is 7.36. The number of hydrogen-bond acceptors (Lipinski definition) is 3. The summed E-state index contributed by atoms with van der Waals surface area (Å²) in [5, 5.41) is 8.78. The smallest absolute Gasteiger partial charge is 0.0906 e. The van der Waals surface area contributed by atoms with Crippen molar-refractivity contribution in [2.45, 2.75) is 32.0 Å². The van der Waals surface area contributed by atoms with Gasteiger partial charge in [0.2, 0.25) is 0 Å². The number of nitrogens with two attached hydrogens (primary N) is 1. The highest BCUT2D eigenvalue weighted by Crippen LogP contribution is 2.19. The fourth-order valence-corrected chi connectivity index (χ4v) is 1.29. The first-order chi connectivity index (χ1) is 5.72. The molecule has 70 valence electrons. The van der Waals surface area contributed by atoms with Crippen LogP contribution in [-0.2, 0) is 4.74 Å². The summed E-state index contributed by atoms with van der Waals surface area (Å²) in [4.78, 5) is 4.06. The molecule has 0 saturated carbocycles. The largest absolute Gasteiger partial charge is 0.394 e. The van der Waals surface area contributed by atoms with Gasteiger partial charge in [0, 0.05) is 0 Å². The fourth-order valence-electron chi connectivity index (χ4n) is 1.29. The molecule has 1 aliphatic rings. The molecule has 0 aromatic carbocycles. The molecule has 1 fully saturated rings. The molecular formula is C8H16N2O2. The van der Waals surface area contributed by atoms with Gasteiger partial charge in [0.1, 0.15) is 0 Å². The van der Waals surface area contributed by atoms with Gasteiger partial charge in [-0.3, -0.25) is 4.99 Å². The summed E-state index contributed by atoms with van der Waals surface area (Å²) >= 11 is 0. The first-order valence-corrected chi connectivity index (χ1v) is 4.25. The van der Waals surface area contributed by atoms with Gasteiger partial charge in [0.15, 0.2) is 0 Å². The van der Waals surface area contributed by atoms with Crippen molar-refractivity contribution in [2.24, 2.45) is 10.7 Å². The van der Waals surface area contributed by atoms with E-state index in [0.717, 1.165) is 12.8 Å². The van der Waals surface area contributed by atoms with Crippen LogP contribution in [0, 0.1) is 0 Å². The molecule has 1 aliphatic heterocycles. The van der Waals surface area contributed by atoms with Crippen molar-refractivity contribution < 1.29 is 9.84 Å². The van der Waals surface area contributed by atoms with Gasteiger partial charge in [-0.05, 0) is 19.8 Å². The summed E-state index contributed by atoms with van der Waals surface area (Å²) in [6.45, 7) is 2.50. The van der Waals surface area contributed by atoms with E-state index in [1.165, 1.54) is 0 Å². The minimum absolute atomic E-state index is 0.0169. The number of aliphatic hydroxyl groups is 1. The lowest BCUT2D eigenvalue weighted by Gasteiger charge is -2.09. The lowest BCUT2D eigenvalue weighted by molar-refractivity contribution is 0.0160. The zero-order chi connectivity index (χ0) is 8.97. The van der Waals surface area contributed by atoms with Crippen molar-refractivity contribution in [2.75, 3.05) is 13.2 Å². The van der Waals surface area contributed by atoms with Gasteiger partial charge in [-0.2, -0.15) is 0 Å². The van der Waals surface area contributed by atoms with E-state index in [-0.39, 0.29) is 18.8 Å². The Labute approximate surface area is 72.4 Å². The Bertz CT molecular complexity index is 166. The lowest BCUT2D eigenvalue weighted by atomic mass is 10.2. The van der Waals surface area contributed by atoms with E-state index in [2.05, 4.69) is 4.99 Å². The molecule has 0 aromatic rings. The highest BCUT2D eigenvalue weighted by molar-refractivity contribution is 5.77. The fraction of sp³-hybridized carbons (Fsp3) is 0.875. The quantitative estimate of drug-likeness (QED) is 0.461. The highest BCUT2D eigenvalue weighted by atomic mass is 16.5. The van der Waals surface area contributed by atoms with Crippen LogP contribution in [0.15, 0.2) is 4.99 Å². The zero-order valence-electron chi connectivity index (χ0n) is 7.36. The Balaban J connectivity index is 2.23. The molecule has 1 rings (SSSR count). The van der Waals surface area contributed by atoms with E-state index < -0.39 is 0 Å². The van der Waals surface area contributed by atoms with E-state index >= 15 is 0 Å². The Hall–Kier alpha value is -0.610. The molecule has 4 nitrogen and oxygen atoms in total. The van der Waals surface area contributed by atoms with Crippen LogP contribution in [0.2, 0.25) is 0 Å². The Kier molecular flexibility index (Phi) is 3.49. The highest BCUT2D eigenvalue weighted by Gasteiger charge is 2.23. The maximum absolute atomic E-state index is 8.78. The number of aliphatic hydroxyl groups excluding tert-OH is 1. The van der Waals surface area contributed by atoms with Gasteiger partial charge in [-0.25, -0.2) is 0 Å². The van der Waals surface area contributed by atoms with Crippen LogP contribution in [0.3, 0.4) is 0 Å². The van der Waals surface area contributed by atoms with Crippen LogP contribution < -0.4 is 5.73 Å². The molecule has 3 N–H and O–H groups in total. The lowest BCUT2D eigenvalue weighted by Crippen LogP contribution is -2.18. The molecule has 0 aromatic heterocycles. The third-order valence-corrected chi connectivity index (χ3v) is 1.94. The SMILES string of the molecule is CC(N)=NC[C@H]1CC[C@@H](CO)O1. The van der Waals surface area contributed by atoms with Crippen LogP contribution in [0.4, 0.5) is 0 Å². The molecule has 0 radical (unpaired) electrons. The van der Waals surface area contributed by atoms with E-state index in [1.54, 1.807) is 6.92 Å². The monoisotopic (exact) mass is 172 g/mol. The van der Waals surface area contributed by atoms with Crippen LogP contribution in [0.1, 0.15) is 19.8 Å². The van der Waals surface area contributed by atoms with Crippen LogP contribution in [0.25, 0.3) is 0 Å². The van der Waals surface area contributed by atoms with Crippen LogP contribution in [-0.4, -0.2) is 36.3 Å². The van der Waals surface area contributed by atoms with Crippen molar-refractivity contribution in [1.82, 2.24) is 0 Å². The first kappa shape index (κ1) is 9.48. The molecule has 1 saturated heterocycles. The van der Waals surface area contributed by atoms with Crippen molar-refractivity contribution in [1.29, 1.82) is 0 Å². The summed E-state index contributed by atoms with van der Waals surface area (Å²) in [5.41, 5.74) is 5.38. The van der Waals surface area contributed by atoms with E-state index in [4.69, 9.17) is 15.6 Å². The topological polar surface area (TPSA) is 67.8 Å². The molecule has 0 unspecified atom stereocenters. The summed E-state index contributed by atoms with van der Waals surface area (Å²) in [7, 11) is 0. The molecule has 4 heteroatoms. The van der Waals surface area contributed by atoms with Crippen molar-refractivity contribution in [3.8, 4) is 0 Å². The normalized spacial score (nSPS) is 31.0. The molecule has 0 spiro atoms. The summed E-state index contributed by atoms with van der Waals surface area (Å²) in [5.74, 6) is 0.589. The van der Waals surface area contributed by atoms with Crippen molar-refractivity contribution in [3.63, 3.8) is 0 Å². The Morgan fingerprint density at radius 2 is 2.25 bits per heavy atom. The van der Waals surface area contributed by atoms with E-state index in [9.17, 15) is 0 Å². The van der Waals surface area contributed by atoms with E-state index in [1.807, 2.05) is 0 Å². The van der Waals surface area contributed by atoms with Gasteiger partial charge in [0.05, 0.1) is 31.2 Å². The number of hydrogen-bond donors (Lipinski definition) is 2. The summed E-state index contributed by atoms with van der Waals surface area (Å²) in [6.07, 6.45) is 2.08. The second kappa shape index (κ2) is 4.42. The molecule has 12 heavy (non-hydrogen) atoms. The second-order valence-electron chi connectivity index (χ2n) is 3.12. The molecule has 1 heterocycles. The number of aliphatic imine (C=N–C) groups is 1. The Morgan fingerprint density at radius 3 is 2.75 bits per heavy atom. The van der Waals surface area contributed by atoms with Crippen LogP contribution in [0.5, 0.6) is 0 Å². The molecule has 2 atom stereocenters. The predicted molar refractivity (Wildman–Crippen MR) is 47.1 cm³/mol. The molecule has 0 aliphatic carbocycles. The summed E-state index contributed by atoms with van der Waals surface area (Å²) < 4.78 is 5.45. The number of nitrogens with zero attached hydrogens (tertiary/aromatic N) is 1. The molecule has 0 amide bonds. The summed E-state index contributed by atoms with van der Waals surface area (Å²) in [6, 6.07) is 0. The van der Waals surface area contributed by atoms with E-state index in [0.29, 0.717) is 12.4 Å². The minimum atomic E-state index is 0.0169. The van der Waals surface area contributed by atoms with Gasteiger partial charge >= 0.3 is 0 Å². The third-order valence-electron chi connectivity index (χ3n) is 1.94. The maximum Gasteiger partial charge on any atom is 0.0906 e. The maximum atomic E-state index is 8.78. The van der Waals surface area contributed by atoms with Gasteiger partial charge in [-0.1, -0.05) is 0 Å². The standard InChI is InChI=1S/C8H16N2O2/c1-6(9)10-4-7-2-3-8(5-11)12-7/h7-8,11H,2-5H2,1H3,(H2,9,10)/t7-,8+/m1/s1. The average molecular weight is 172 g/mol. The molecule has 0 bridgehead atoms. The van der Waals surface area contributed by atoms with Gasteiger partial charge in [-0.15, -0.1) is 0 Å². The Morgan fingerprint density at radius 1 is 1.58 bits per heavy atom. The molecular weight excluding hydrogens is 156 g/mol. The number of ether oxygens (including phenoxy) is 1. The van der Waals surface area contributed by atoms with Crippen LogP contribution >= 0.6 is 0 Å². The van der Waals surface area contributed by atoms with Crippen molar-refractivity contribution in [3.05, 3.63) is 0 Å². The number of amidine groups is 1. The third kappa shape index (κ3) is 2.79. The predicted octanol–water partition coefficient (Wildman–Crippen LogP) is -0.0966. The average Bonchev–Trinajstić information content (AvgIpc) is 2.48. The van der Waals surface area contributed by atoms with Gasteiger partial charge in [0.25, 0.3) is 0 Å². The second-order valence-corrected chi connectivity index (χ2v) is 3.12. The van der Waals surface area contributed by atoms with Crippen molar-refractivity contribution >= 4 is 5.84 Å². The minimum Gasteiger partial charge on any atom is -0.394 e.